The first-order valence-electron chi connectivity index (χ1n) is 5.14. The highest BCUT2D eigenvalue weighted by Gasteiger charge is 2.54. The summed E-state index contributed by atoms with van der Waals surface area (Å²) in [6, 6.07) is -0.212. The van der Waals surface area contributed by atoms with E-state index in [2.05, 4.69) is 4.90 Å². The first kappa shape index (κ1) is 9.00. The quantitative estimate of drug-likeness (QED) is 0.715. The Labute approximate surface area is 78.7 Å². The molecular formula is C10H17NO2. The SMILES string of the molecule is CCCC(C(=O)O)N1CC2(CC2)C1. The van der Waals surface area contributed by atoms with Gasteiger partial charge >= 0.3 is 5.97 Å². The summed E-state index contributed by atoms with van der Waals surface area (Å²) in [4.78, 5) is 13.0. The van der Waals surface area contributed by atoms with Gasteiger partial charge in [-0.2, -0.15) is 0 Å². The van der Waals surface area contributed by atoms with Gasteiger partial charge in [-0.1, -0.05) is 13.3 Å². The predicted octanol–water partition coefficient (Wildman–Crippen LogP) is 1.34. The molecule has 1 saturated heterocycles. The van der Waals surface area contributed by atoms with Gasteiger partial charge in [-0.15, -0.1) is 0 Å². The maximum Gasteiger partial charge on any atom is 0.320 e. The van der Waals surface area contributed by atoms with E-state index < -0.39 is 5.97 Å². The zero-order chi connectivity index (χ0) is 9.47. The van der Waals surface area contributed by atoms with Crippen molar-refractivity contribution in [1.82, 2.24) is 4.90 Å². The first-order valence-corrected chi connectivity index (χ1v) is 5.14. The molecule has 2 fully saturated rings. The standard InChI is InChI=1S/C10H17NO2/c1-2-3-8(9(12)13)11-6-10(7-11)4-5-10/h8H,2-7H2,1H3,(H,12,13). The second kappa shape index (κ2) is 2.98. The van der Waals surface area contributed by atoms with E-state index in [1.165, 1.54) is 12.8 Å². The van der Waals surface area contributed by atoms with Crippen molar-refractivity contribution in [2.45, 2.75) is 38.6 Å². The summed E-state index contributed by atoms with van der Waals surface area (Å²) in [6.45, 7) is 4.11. The maximum absolute atomic E-state index is 10.9. The third-order valence-electron chi connectivity index (χ3n) is 3.32. The Balaban J connectivity index is 1.86. The maximum atomic E-state index is 10.9. The van der Waals surface area contributed by atoms with Gasteiger partial charge in [0.05, 0.1) is 0 Å². The minimum atomic E-state index is -0.641. The number of hydrogen-bond acceptors (Lipinski definition) is 2. The molecule has 1 aliphatic carbocycles. The van der Waals surface area contributed by atoms with Crippen molar-refractivity contribution in [2.24, 2.45) is 5.41 Å². The van der Waals surface area contributed by atoms with Crippen LogP contribution in [0.25, 0.3) is 0 Å². The smallest absolute Gasteiger partial charge is 0.320 e. The molecule has 1 saturated carbocycles. The van der Waals surface area contributed by atoms with Crippen LogP contribution in [0.2, 0.25) is 0 Å². The fourth-order valence-corrected chi connectivity index (χ4v) is 2.26. The van der Waals surface area contributed by atoms with Gasteiger partial charge in [0.1, 0.15) is 6.04 Å². The number of carboxylic acids is 1. The summed E-state index contributed by atoms with van der Waals surface area (Å²) in [5.74, 6) is -0.641. The van der Waals surface area contributed by atoms with Crippen molar-refractivity contribution in [3.05, 3.63) is 0 Å². The molecule has 0 amide bonds. The van der Waals surface area contributed by atoms with Crippen LogP contribution in [0.5, 0.6) is 0 Å². The molecule has 3 heteroatoms. The number of hydrogen-bond donors (Lipinski definition) is 1. The van der Waals surface area contributed by atoms with Gasteiger partial charge in [0.25, 0.3) is 0 Å². The van der Waals surface area contributed by atoms with Gasteiger partial charge in [0, 0.05) is 13.1 Å². The van der Waals surface area contributed by atoms with Crippen molar-refractivity contribution in [3.8, 4) is 0 Å². The molecule has 1 aliphatic heterocycles. The van der Waals surface area contributed by atoms with Gasteiger partial charge in [-0.3, -0.25) is 9.69 Å². The van der Waals surface area contributed by atoms with Crippen molar-refractivity contribution in [3.63, 3.8) is 0 Å². The highest BCUT2D eigenvalue weighted by molar-refractivity contribution is 5.73. The Morgan fingerprint density at radius 1 is 1.54 bits per heavy atom. The molecule has 2 rings (SSSR count). The summed E-state index contributed by atoms with van der Waals surface area (Å²) >= 11 is 0. The highest BCUT2D eigenvalue weighted by Crippen LogP contribution is 2.53. The molecule has 0 radical (unpaired) electrons. The van der Waals surface area contributed by atoms with E-state index in [0.717, 1.165) is 25.9 Å². The molecule has 1 N–H and O–H groups in total. The lowest BCUT2D eigenvalue weighted by Gasteiger charge is -2.43. The minimum absolute atomic E-state index is 0.212. The van der Waals surface area contributed by atoms with Crippen LogP contribution in [0.15, 0.2) is 0 Å². The normalized spacial score (nSPS) is 26.8. The summed E-state index contributed by atoms with van der Waals surface area (Å²) in [6.07, 6.45) is 4.40. The minimum Gasteiger partial charge on any atom is -0.480 e. The monoisotopic (exact) mass is 183 g/mol. The summed E-state index contributed by atoms with van der Waals surface area (Å²) in [7, 11) is 0. The average molecular weight is 183 g/mol. The van der Waals surface area contributed by atoms with Gasteiger partial charge in [-0.05, 0) is 24.7 Å². The Hall–Kier alpha value is -0.570. The van der Waals surface area contributed by atoms with Crippen LogP contribution in [-0.4, -0.2) is 35.1 Å². The fraction of sp³-hybridized carbons (Fsp3) is 0.900. The molecule has 2 aliphatic rings. The van der Waals surface area contributed by atoms with Crippen molar-refractivity contribution < 1.29 is 9.90 Å². The van der Waals surface area contributed by atoms with E-state index in [9.17, 15) is 4.79 Å². The molecule has 3 nitrogen and oxygen atoms in total. The molecule has 13 heavy (non-hydrogen) atoms. The lowest BCUT2D eigenvalue weighted by atomic mass is 9.93. The first-order chi connectivity index (χ1) is 6.17. The predicted molar refractivity (Wildman–Crippen MR) is 49.6 cm³/mol. The van der Waals surface area contributed by atoms with E-state index in [-0.39, 0.29) is 6.04 Å². The van der Waals surface area contributed by atoms with Gasteiger partial charge in [0.2, 0.25) is 0 Å². The highest BCUT2D eigenvalue weighted by atomic mass is 16.4. The number of nitrogens with zero attached hydrogens (tertiary/aromatic N) is 1. The number of aliphatic carboxylic acids is 1. The zero-order valence-corrected chi connectivity index (χ0v) is 8.12. The summed E-state index contributed by atoms with van der Waals surface area (Å²) in [5.41, 5.74) is 0.571. The third-order valence-corrected chi connectivity index (χ3v) is 3.32. The molecule has 0 aromatic heterocycles. The molecule has 1 heterocycles. The number of likely N-dealkylation sites (tertiary alicyclic amines) is 1. The Morgan fingerprint density at radius 3 is 2.54 bits per heavy atom. The van der Waals surface area contributed by atoms with E-state index in [1.807, 2.05) is 6.92 Å². The summed E-state index contributed by atoms with van der Waals surface area (Å²) < 4.78 is 0. The average Bonchev–Trinajstić information content (AvgIpc) is 2.76. The Bertz CT molecular complexity index is 215. The van der Waals surface area contributed by atoms with E-state index in [4.69, 9.17) is 5.11 Å². The molecule has 1 spiro atoms. The molecule has 74 valence electrons. The van der Waals surface area contributed by atoms with Crippen LogP contribution in [0.4, 0.5) is 0 Å². The third kappa shape index (κ3) is 1.57. The molecule has 0 aromatic rings. The molecule has 1 unspecified atom stereocenters. The van der Waals surface area contributed by atoms with E-state index in [0.29, 0.717) is 5.41 Å². The van der Waals surface area contributed by atoms with Gasteiger partial charge < -0.3 is 5.11 Å². The van der Waals surface area contributed by atoms with E-state index in [1.54, 1.807) is 0 Å². The molecule has 0 aromatic carbocycles. The van der Waals surface area contributed by atoms with Crippen LogP contribution in [0.1, 0.15) is 32.6 Å². The van der Waals surface area contributed by atoms with Crippen LogP contribution < -0.4 is 0 Å². The topological polar surface area (TPSA) is 40.5 Å². The van der Waals surface area contributed by atoms with Crippen molar-refractivity contribution in [1.29, 1.82) is 0 Å². The Kier molecular flexibility index (Phi) is 2.06. The molecular weight excluding hydrogens is 166 g/mol. The van der Waals surface area contributed by atoms with Crippen molar-refractivity contribution >= 4 is 5.97 Å². The molecule has 0 bridgehead atoms. The van der Waals surface area contributed by atoms with Crippen molar-refractivity contribution in [2.75, 3.05) is 13.1 Å². The van der Waals surface area contributed by atoms with Crippen LogP contribution in [0, 0.1) is 5.41 Å². The molecule has 1 atom stereocenters. The second-order valence-electron chi connectivity index (χ2n) is 4.55. The lowest BCUT2D eigenvalue weighted by molar-refractivity contribution is -0.147. The Morgan fingerprint density at radius 2 is 2.15 bits per heavy atom. The number of carbonyl (C=O) groups is 1. The summed E-state index contributed by atoms with van der Waals surface area (Å²) in [5, 5.41) is 8.99. The van der Waals surface area contributed by atoms with E-state index >= 15 is 0 Å². The van der Waals surface area contributed by atoms with Gasteiger partial charge in [-0.25, -0.2) is 0 Å². The van der Waals surface area contributed by atoms with Crippen LogP contribution in [0.3, 0.4) is 0 Å². The van der Waals surface area contributed by atoms with Crippen LogP contribution in [-0.2, 0) is 4.79 Å². The lowest BCUT2D eigenvalue weighted by Crippen LogP contribution is -2.56. The van der Waals surface area contributed by atoms with Gasteiger partial charge in [0.15, 0.2) is 0 Å². The number of carboxylic acid groups (broad SMARTS) is 1. The fourth-order valence-electron chi connectivity index (χ4n) is 2.26. The van der Waals surface area contributed by atoms with Crippen LogP contribution >= 0.6 is 0 Å². The largest absolute Gasteiger partial charge is 0.480 e. The zero-order valence-electron chi connectivity index (χ0n) is 8.12. The second-order valence-corrected chi connectivity index (χ2v) is 4.55. The number of rotatable bonds is 4.